The third kappa shape index (κ3) is 6.80. The molecule has 0 saturated heterocycles. The smallest absolute Gasteiger partial charge is 1.00 e. The maximum absolute atomic E-state index is 2.58. The molecule has 0 aromatic carbocycles. The van der Waals surface area contributed by atoms with Gasteiger partial charge in [0.15, 0.2) is 0 Å². The maximum Gasteiger partial charge on any atom is -1.00 e. The molecule has 3 heteroatoms. The molecule has 0 aromatic rings. The molecule has 0 amide bonds. The quantitative estimate of drug-likeness (QED) is 0.463. The molecule has 33 heavy (non-hydrogen) atoms. The maximum atomic E-state index is 2.58. The van der Waals surface area contributed by atoms with Crippen LogP contribution in [0.5, 0.6) is 0 Å². The summed E-state index contributed by atoms with van der Waals surface area (Å²) in [7, 11) is 0. The van der Waals surface area contributed by atoms with E-state index < -0.39 is 23.2 Å². The summed E-state index contributed by atoms with van der Waals surface area (Å²) in [6, 6.07) is 0. The second-order valence-corrected chi connectivity index (χ2v) is 15.7. The van der Waals surface area contributed by atoms with Crippen molar-refractivity contribution >= 4 is 0 Å². The Labute approximate surface area is 229 Å². The third-order valence-corrected chi connectivity index (χ3v) is 13.0. The van der Waals surface area contributed by atoms with Gasteiger partial charge in [0.2, 0.25) is 0 Å². The van der Waals surface area contributed by atoms with E-state index in [-0.39, 0.29) is 24.8 Å². The zero-order valence-electron chi connectivity index (χ0n) is 21.8. The minimum atomic E-state index is -0.664. The van der Waals surface area contributed by atoms with Crippen LogP contribution in [0.1, 0.15) is 92.9 Å². The fraction of sp³-hybridized carbons (Fsp3) is 0.733. The van der Waals surface area contributed by atoms with Crippen molar-refractivity contribution in [3.63, 3.8) is 0 Å². The number of rotatable bonds is 6. The molecule has 6 unspecified atom stereocenters. The molecular formula is C30H46Cl2Zr. The Kier molecular flexibility index (Phi) is 11.8. The normalized spacial score (nSPS) is 34.1. The monoisotopic (exact) mass is 566 g/mol. The molecule has 2 saturated carbocycles. The van der Waals surface area contributed by atoms with E-state index in [0.717, 1.165) is 47.3 Å². The summed E-state index contributed by atoms with van der Waals surface area (Å²) in [5.74, 6) is 6.96. The summed E-state index contributed by atoms with van der Waals surface area (Å²) in [4.78, 5) is 0. The summed E-state index contributed by atoms with van der Waals surface area (Å²) >= 11 is -0.664. The molecule has 0 heterocycles. The molecule has 0 bridgehead atoms. The Morgan fingerprint density at radius 3 is 1.42 bits per heavy atom. The first-order valence-electron chi connectivity index (χ1n) is 13.4. The molecule has 0 aliphatic heterocycles. The van der Waals surface area contributed by atoms with Crippen molar-refractivity contribution in [2.75, 3.05) is 0 Å². The van der Waals surface area contributed by atoms with Crippen LogP contribution in [0.4, 0.5) is 0 Å². The van der Waals surface area contributed by atoms with E-state index in [9.17, 15) is 0 Å². The van der Waals surface area contributed by atoms with Crippen molar-refractivity contribution in [1.29, 1.82) is 0 Å². The fourth-order valence-electron chi connectivity index (χ4n) is 7.29. The van der Waals surface area contributed by atoms with E-state index >= 15 is 0 Å². The van der Waals surface area contributed by atoms with Crippen LogP contribution < -0.4 is 24.8 Å². The minimum absolute atomic E-state index is 0. The van der Waals surface area contributed by atoms with Crippen LogP contribution >= 0.6 is 0 Å². The van der Waals surface area contributed by atoms with Crippen LogP contribution in [0.25, 0.3) is 0 Å². The Morgan fingerprint density at radius 2 is 1.06 bits per heavy atom. The van der Waals surface area contributed by atoms with E-state index in [4.69, 9.17) is 0 Å². The molecule has 0 nitrogen and oxygen atoms in total. The largest absolute Gasteiger partial charge is 1.00 e. The van der Waals surface area contributed by atoms with Gasteiger partial charge in [0, 0.05) is 0 Å². The number of hydrogen-bond donors (Lipinski definition) is 0. The van der Waals surface area contributed by atoms with Crippen molar-refractivity contribution in [2.45, 2.75) is 92.9 Å². The molecular weight excluding hydrogens is 522 g/mol. The standard InChI is InChI=1S/2C15H23.2ClH.Zr/c2*1-11(2)14-9-8-12(3)10-15(14)13-6-4-5-7-13;;;/h2*4,6,11-12,14-15H,5,8-10H2,1-3H3;2*1H;/q;;;;+2/p-2. The SMILES string of the molecule is CC1CCC(C(C)C)C(C2=[C]([Zr+2][C]3=C(C4CC(C)CCC4C(C)C)C=CC3)CC=C2)C1.[Cl-].[Cl-]. The van der Waals surface area contributed by atoms with E-state index in [0.29, 0.717) is 0 Å². The Hall–Kier alpha value is 0.423. The molecule has 0 aromatic heterocycles. The molecule has 0 radical (unpaired) electrons. The molecule has 4 aliphatic rings. The fourth-order valence-corrected chi connectivity index (χ4v) is 11.3. The number of hydrogen-bond acceptors (Lipinski definition) is 0. The summed E-state index contributed by atoms with van der Waals surface area (Å²) in [5.41, 5.74) is 3.65. The number of halogens is 2. The second-order valence-electron chi connectivity index (χ2n) is 12.1. The van der Waals surface area contributed by atoms with Gasteiger partial charge in [-0.05, 0) is 0 Å². The molecule has 4 rings (SSSR count). The average molecular weight is 569 g/mol. The Balaban J connectivity index is 0.00000193. The van der Waals surface area contributed by atoms with Crippen LogP contribution in [-0.4, -0.2) is 0 Å². The van der Waals surface area contributed by atoms with Gasteiger partial charge in [-0.2, -0.15) is 0 Å². The van der Waals surface area contributed by atoms with Gasteiger partial charge < -0.3 is 24.8 Å². The van der Waals surface area contributed by atoms with Gasteiger partial charge in [0.1, 0.15) is 0 Å². The Morgan fingerprint density at radius 1 is 0.667 bits per heavy atom. The predicted octanol–water partition coefficient (Wildman–Crippen LogP) is 2.92. The summed E-state index contributed by atoms with van der Waals surface area (Å²) in [6.45, 7) is 14.9. The molecule has 0 spiro atoms. The first-order chi connectivity index (χ1) is 14.8. The Bertz CT molecular complexity index is 708. The van der Waals surface area contributed by atoms with Crippen molar-refractivity contribution in [1.82, 2.24) is 0 Å². The van der Waals surface area contributed by atoms with Crippen LogP contribution in [0.2, 0.25) is 0 Å². The van der Waals surface area contributed by atoms with Crippen LogP contribution in [0.15, 0.2) is 42.0 Å². The minimum Gasteiger partial charge on any atom is -1.00 e. The van der Waals surface area contributed by atoms with Crippen molar-refractivity contribution < 1.29 is 48.0 Å². The van der Waals surface area contributed by atoms with Crippen LogP contribution in [-0.2, 0) is 23.2 Å². The summed E-state index contributed by atoms with van der Waals surface area (Å²) < 4.78 is 3.88. The summed E-state index contributed by atoms with van der Waals surface area (Å²) in [6.07, 6.45) is 21.4. The zero-order chi connectivity index (χ0) is 22.1. The third-order valence-electron chi connectivity index (χ3n) is 9.08. The average Bonchev–Trinajstić information content (AvgIpc) is 3.37. The zero-order valence-corrected chi connectivity index (χ0v) is 25.8. The molecule has 6 atom stereocenters. The van der Waals surface area contributed by atoms with Crippen molar-refractivity contribution in [2.24, 2.45) is 47.3 Å². The van der Waals surface area contributed by atoms with E-state index in [1.165, 1.54) is 51.4 Å². The van der Waals surface area contributed by atoms with Crippen molar-refractivity contribution in [3.8, 4) is 0 Å². The van der Waals surface area contributed by atoms with Crippen molar-refractivity contribution in [3.05, 3.63) is 42.0 Å². The predicted molar refractivity (Wildman–Crippen MR) is 131 cm³/mol. The summed E-state index contributed by atoms with van der Waals surface area (Å²) in [5, 5.41) is 0. The van der Waals surface area contributed by atoms with E-state index in [1.807, 2.05) is 17.7 Å². The van der Waals surface area contributed by atoms with Gasteiger partial charge in [-0.25, -0.2) is 0 Å². The number of allylic oxidation sites excluding steroid dienone is 8. The van der Waals surface area contributed by atoms with Gasteiger partial charge in [-0.15, -0.1) is 0 Å². The first-order valence-corrected chi connectivity index (χ1v) is 15.9. The van der Waals surface area contributed by atoms with Crippen LogP contribution in [0.3, 0.4) is 0 Å². The molecule has 0 N–H and O–H groups in total. The van der Waals surface area contributed by atoms with Gasteiger partial charge >= 0.3 is 205 Å². The first kappa shape index (κ1) is 29.7. The van der Waals surface area contributed by atoms with E-state index in [1.54, 1.807) is 0 Å². The molecule has 184 valence electrons. The topological polar surface area (TPSA) is 0 Å². The van der Waals surface area contributed by atoms with Gasteiger partial charge in [-0.1, -0.05) is 0 Å². The van der Waals surface area contributed by atoms with Gasteiger partial charge in [0.25, 0.3) is 0 Å². The van der Waals surface area contributed by atoms with Gasteiger partial charge in [-0.3, -0.25) is 0 Å². The second kappa shape index (κ2) is 13.1. The van der Waals surface area contributed by atoms with Gasteiger partial charge in [0.05, 0.1) is 0 Å². The van der Waals surface area contributed by atoms with Crippen LogP contribution in [0, 0.1) is 47.3 Å². The van der Waals surface area contributed by atoms with E-state index in [2.05, 4.69) is 65.8 Å². The molecule has 2 fully saturated rings. The molecule has 4 aliphatic carbocycles.